The number of amides is 1. The highest BCUT2D eigenvalue weighted by Crippen LogP contribution is 2.36. The minimum Gasteiger partial charge on any atom is -0.493 e. The zero-order valence-corrected chi connectivity index (χ0v) is 15.7. The third-order valence-corrected chi connectivity index (χ3v) is 4.93. The Balaban J connectivity index is 1.63. The molecule has 0 heterocycles. The Morgan fingerprint density at radius 1 is 1.19 bits per heavy atom. The van der Waals surface area contributed by atoms with Crippen LogP contribution >= 0.6 is 11.6 Å². The average molecular weight is 375 g/mol. The van der Waals surface area contributed by atoms with Gasteiger partial charge < -0.3 is 20.1 Å². The Bertz CT molecular complexity index is 795. The van der Waals surface area contributed by atoms with Gasteiger partial charge in [-0.1, -0.05) is 35.9 Å². The second-order valence-corrected chi connectivity index (χ2v) is 6.66. The molecule has 0 aromatic heterocycles. The first-order valence-corrected chi connectivity index (χ1v) is 9.02. The molecule has 138 valence electrons. The summed E-state index contributed by atoms with van der Waals surface area (Å²) in [5.41, 5.74) is 3.17. The molecule has 2 N–H and O–H groups in total. The lowest BCUT2D eigenvalue weighted by Crippen LogP contribution is -2.35. The van der Waals surface area contributed by atoms with Crippen molar-refractivity contribution in [1.82, 2.24) is 5.32 Å². The number of carbonyl (C=O) groups excluding carboxylic acids is 1. The third-order valence-electron chi connectivity index (χ3n) is 4.62. The molecular formula is C20H23ClN2O3. The van der Waals surface area contributed by atoms with E-state index >= 15 is 0 Å². The number of anilines is 1. The Morgan fingerprint density at radius 3 is 2.69 bits per heavy atom. The van der Waals surface area contributed by atoms with Crippen LogP contribution in [0.4, 0.5) is 5.69 Å². The number of halogens is 1. The quantitative estimate of drug-likeness (QED) is 0.803. The fourth-order valence-electron chi connectivity index (χ4n) is 3.31. The van der Waals surface area contributed by atoms with Crippen LogP contribution in [-0.4, -0.2) is 26.7 Å². The van der Waals surface area contributed by atoms with Crippen molar-refractivity contribution in [2.24, 2.45) is 0 Å². The molecule has 2 aromatic carbocycles. The molecule has 6 heteroatoms. The number of methoxy groups -OCH3 is 2. The molecule has 2 aromatic rings. The van der Waals surface area contributed by atoms with Crippen LogP contribution < -0.4 is 20.1 Å². The fraction of sp³-hybridized carbons (Fsp3) is 0.350. The normalized spacial score (nSPS) is 15.7. The number of hydrogen-bond acceptors (Lipinski definition) is 4. The van der Waals surface area contributed by atoms with Gasteiger partial charge in [0.1, 0.15) is 0 Å². The van der Waals surface area contributed by atoms with E-state index in [1.807, 2.05) is 12.1 Å². The van der Waals surface area contributed by atoms with Gasteiger partial charge in [0.2, 0.25) is 5.91 Å². The van der Waals surface area contributed by atoms with Gasteiger partial charge in [-0.15, -0.1) is 0 Å². The lowest BCUT2D eigenvalue weighted by Gasteiger charge is -2.26. The van der Waals surface area contributed by atoms with Gasteiger partial charge in [-0.2, -0.15) is 0 Å². The Hall–Kier alpha value is -2.40. The molecule has 1 atom stereocenters. The fourth-order valence-corrected chi connectivity index (χ4v) is 3.53. The summed E-state index contributed by atoms with van der Waals surface area (Å²) in [4.78, 5) is 12.4. The maximum atomic E-state index is 12.4. The monoisotopic (exact) mass is 374 g/mol. The van der Waals surface area contributed by atoms with E-state index in [2.05, 4.69) is 22.8 Å². The molecule has 0 saturated carbocycles. The summed E-state index contributed by atoms with van der Waals surface area (Å²) < 4.78 is 10.5. The van der Waals surface area contributed by atoms with Gasteiger partial charge >= 0.3 is 0 Å². The first kappa shape index (κ1) is 18.4. The van der Waals surface area contributed by atoms with E-state index in [0.29, 0.717) is 22.2 Å². The van der Waals surface area contributed by atoms with Crippen LogP contribution in [0.2, 0.25) is 5.02 Å². The van der Waals surface area contributed by atoms with Crippen molar-refractivity contribution in [2.75, 3.05) is 26.1 Å². The van der Waals surface area contributed by atoms with Gasteiger partial charge in [-0.3, -0.25) is 4.79 Å². The summed E-state index contributed by atoms with van der Waals surface area (Å²) in [6, 6.07) is 11.7. The molecule has 0 spiro atoms. The molecule has 0 aliphatic heterocycles. The van der Waals surface area contributed by atoms with E-state index < -0.39 is 0 Å². The van der Waals surface area contributed by atoms with Crippen molar-refractivity contribution in [2.45, 2.75) is 25.3 Å². The van der Waals surface area contributed by atoms with Gasteiger partial charge in [0.25, 0.3) is 0 Å². The molecule has 26 heavy (non-hydrogen) atoms. The Morgan fingerprint density at radius 2 is 1.92 bits per heavy atom. The maximum Gasteiger partial charge on any atom is 0.239 e. The van der Waals surface area contributed by atoms with E-state index in [-0.39, 0.29) is 18.5 Å². The zero-order valence-electron chi connectivity index (χ0n) is 15.0. The van der Waals surface area contributed by atoms with Gasteiger partial charge in [-0.05, 0) is 30.4 Å². The lowest BCUT2D eigenvalue weighted by atomic mass is 9.88. The molecule has 1 aliphatic carbocycles. The summed E-state index contributed by atoms with van der Waals surface area (Å²) in [5, 5.41) is 6.66. The van der Waals surface area contributed by atoms with Crippen molar-refractivity contribution in [3.63, 3.8) is 0 Å². The SMILES string of the molecule is COc1cc(Cl)c(NCC(=O)N[C@@H]2CCCc3ccccc32)cc1OC. The predicted octanol–water partition coefficient (Wildman–Crippen LogP) is 3.96. The van der Waals surface area contributed by atoms with E-state index in [1.54, 1.807) is 26.4 Å². The number of rotatable bonds is 6. The minimum absolute atomic E-state index is 0.0649. The number of aryl methyl sites for hydroxylation is 1. The van der Waals surface area contributed by atoms with Crippen LogP contribution in [0, 0.1) is 0 Å². The molecule has 0 fully saturated rings. The van der Waals surface area contributed by atoms with E-state index in [4.69, 9.17) is 21.1 Å². The summed E-state index contributed by atoms with van der Waals surface area (Å²) in [6.07, 6.45) is 3.11. The highest BCUT2D eigenvalue weighted by molar-refractivity contribution is 6.33. The Labute approximate surface area is 158 Å². The van der Waals surface area contributed by atoms with Gasteiger partial charge in [-0.25, -0.2) is 0 Å². The molecule has 0 saturated heterocycles. The molecule has 0 bridgehead atoms. The smallest absolute Gasteiger partial charge is 0.239 e. The molecule has 0 radical (unpaired) electrons. The number of nitrogens with one attached hydrogen (secondary N) is 2. The number of fused-ring (bicyclic) bond motifs is 1. The van der Waals surface area contributed by atoms with Crippen LogP contribution in [0.1, 0.15) is 30.0 Å². The van der Waals surface area contributed by atoms with Gasteiger partial charge in [0.15, 0.2) is 11.5 Å². The van der Waals surface area contributed by atoms with Gasteiger partial charge in [0, 0.05) is 12.1 Å². The maximum absolute atomic E-state index is 12.4. The van der Waals surface area contributed by atoms with E-state index in [1.165, 1.54) is 11.1 Å². The van der Waals surface area contributed by atoms with Crippen molar-refractivity contribution in [3.05, 3.63) is 52.5 Å². The van der Waals surface area contributed by atoms with Crippen molar-refractivity contribution >= 4 is 23.2 Å². The molecule has 3 rings (SSSR count). The summed E-state index contributed by atoms with van der Waals surface area (Å²) in [6.45, 7) is 0.133. The standard InChI is InChI=1S/C20H23ClN2O3/c1-25-18-10-15(21)17(11-19(18)26-2)22-12-20(24)23-16-9-5-7-13-6-3-4-8-14(13)16/h3-4,6,8,10-11,16,22H,5,7,9,12H2,1-2H3,(H,23,24)/t16-/m1/s1. The van der Waals surface area contributed by atoms with Crippen LogP contribution in [0.25, 0.3) is 0 Å². The lowest BCUT2D eigenvalue weighted by molar-refractivity contribution is -0.120. The molecule has 5 nitrogen and oxygen atoms in total. The molecular weight excluding hydrogens is 352 g/mol. The van der Waals surface area contributed by atoms with E-state index in [0.717, 1.165) is 19.3 Å². The van der Waals surface area contributed by atoms with Gasteiger partial charge in [0.05, 0.1) is 37.5 Å². The van der Waals surface area contributed by atoms with Crippen LogP contribution in [0.5, 0.6) is 11.5 Å². The first-order chi connectivity index (χ1) is 12.6. The summed E-state index contributed by atoms with van der Waals surface area (Å²) in [7, 11) is 3.11. The third kappa shape index (κ3) is 4.05. The largest absolute Gasteiger partial charge is 0.493 e. The zero-order chi connectivity index (χ0) is 18.5. The topological polar surface area (TPSA) is 59.6 Å². The summed E-state index contributed by atoms with van der Waals surface area (Å²) in [5.74, 6) is 1.03. The first-order valence-electron chi connectivity index (χ1n) is 8.65. The average Bonchev–Trinajstić information content (AvgIpc) is 2.67. The van der Waals surface area contributed by atoms with Crippen LogP contribution in [0.15, 0.2) is 36.4 Å². The van der Waals surface area contributed by atoms with Crippen molar-refractivity contribution in [1.29, 1.82) is 0 Å². The number of carbonyl (C=O) groups is 1. The number of ether oxygens (including phenoxy) is 2. The summed E-state index contributed by atoms with van der Waals surface area (Å²) >= 11 is 6.25. The number of hydrogen-bond donors (Lipinski definition) is 2. The van der Waals surface area contributed by atoms with Crippen LogP contribution in [-0.2, 0) is 11.2 Å². The second-order valence-electron chi connectivity index (χ2n) is 6.25. The predicted molar refractivity (Wildman–Crippen MR) is 103 cm³/mol. The highest BCUT2D eigenvalue weighted by atomic mass is 35.5. The highest BCUT2D eigenvalue weighted by Gasteiger charge is 2.21. The molecule has 1 amide bonds. The second kappa shape index (κ2) is 8.32. The number of benzene rings is 2. The minimum atomic E-state index is -0.0717. The van der Waals surface area contributed by atoms with Crippen molar-refractivity contribution < 1.29 is 14.3 Å². The van der Waals surface area contributed by atoms with Crippen LogP contribution in [0.3, 0.4) is 0 Å². The Kier molecular flexibility index (Phi) is 5.89. The molecule has 1 aliphatic rings. The van der Waals surface area contributed by atoms with E-state index in [9.17, 15) is 4.79 Å². The molecule has 0 unspecified atom stereocenters. The van der Waals surface area contributed by atoms with Crippen molar-refractivity contribution in [3.8, 4) is 11.5 Å².